The molecule has 4 aromatic carbocycles. The van der Waals surface area contributed by atoms with Crippen LogP contribution in [0.2, 0.25) is 0 Å². The number of nitrogens with zero attached hydrogens (tertiary/aromatic N) is 6. The molecule has 0 fully saturated rings. The lowest BCUT2D eigenvalue weighted by Crippen LogP contribution is -2.15. The second-order valence-corrected chi connectivity index (χ2v) is 17.3. The van der Waals surface area contributed by atoms with Gasteiger partial charge in [0.05, 0.1) is 20.8 Å². The molecule has 9 rings (SSSR count). The zero-order chi connectivity index (χ0) is 43.3. The van der Waals surface area contributed by atoms with Gasteiger partial charge in [0.25, 0.3) is 21.8 Å². The number of fused-ring (bicyclic) bond motifs is 2. The van der Waals surface area contributed by atoms with E-state index in [0.29, 0.717) is 27.7 Å². The summed E-state index contributed by atoms with van der Waals surface area (Å²) >= 11 is 0. The van der Waals surface area contributed by atoms with E-state index in [0.717, 1.165) is 34.0 Å². The van der Waals surface area contributed by atoms with Gasteiger partial charge in [-0.15, -0.1) is 0 Å². The molecule has 9 aromatic rings. The number of carbonyl (C=O) groups excluding carboxylic acids is 2. The van der Waals surface area contributed by atoms with E-state index in [2.05, 4.69) is 55.7 Å². The van der Waals surface area contributed by atoms with Gasteiger partial charge in [0.2, 0.25) is 5.95 Å². The number of anilines is 3. The fourth-order valence-electron chi connectivity index (χ4n) is 6.21. The number of aromatic nitrogens is 8. The van der Waals surface area contributed by atoms with Crippen molar-refractivity contribution < 1.29 is 26.4 Å². The molecule has 5 heterocycles. The number of pyridine rings is 2. The van der Waals surface area contributed by atoms with E-state index in [-0.39, 0.29) is 33.0 Å². The maximum absolute atomic E-state index is 12.9. The second kappa shape index (κ2) is 17.2. The predicted molar refractivity (Wildman–Crippen MR) is 233 cm³/mol. The van der Waals surface area contributed by atoms with Crippen LogP contribution >= 0.6 is 0 Å². The first-order valence-corrected chi connectivity index (χ1v) is 21.9. The summed E-state index contributed by atoms with van der Waals surface area (Å²) in [5.74, 6) is -0.848. The molecule has 0 aliphatic heterocycles. The van der Waals surface area contributed by atoms with Crippen molar-refractivity contribution >= 4 is 70.8 Å². The average molecular weight is 864 g/mol. The highest BCUT2D eigenvalue weighted by molar-refractivity contribution is 7.92. The first-order valence-electron chi connectivity index (χ1n) is 18.5. The lowest BCUT2D eigenvalue weighted by Gasteiger charge is -2.08. The van der Waals surface area contributed by atoms with Crippen molar-refractivity contribution in [2.75, 3.05) is 21.6 Å². The molecule has 0 saturated carbocycles. The number of nitrogens with one attached hydrogen (secondary N) is 5. The molecule has 5 aromatic heterocycles. The first-order chi connectivity index (χ1) is 29.9. The van der Waals surface area contributed by atoms with Crippen molar-refractivity contribution in [2.45, 2.75) is 9.79 Å². The summed E-state index contributed by atoms with van der Waals surface area (Å²) in [6, 6.07) is 32.2. The van der Waals surface area contributed by atoms with Crippen molar-refractivity contribution in [3.8, 4) is 22.3 Å². The smallest absolute Gasteiger partial charge is 0.276 e. The van der Waals surface area contributed by atoms with Gasteiger partial charge in [-0.1, -0.05) is 24.3 Å². The Bertz CT molecular complexity index is 3280. The Hall–Kier alpha value is -8.16. The molecule has 0 aliphatic carbocycles. The van der Waals surface area contributed by atoms with E-state index < -0.39 is 25.8 Å². The standard InChI is InChI=1S/C23H17N7O3S.C20H16N4O3S/c31-22(21-19-13-15(4-9-20(19)28-29-21)16-3-1-10-24-14-16)27-17-5-7-18(8-6-17)34(32,33)30-23-25-11-2-12-26-23;1-28(26,27)16-7-5-15(6-8-16)22-20(25)19-17-11-13(4-9-18(17)23-24-19)14-3-2-10-21-12-14/h1-14H,(H,27,31)(H,28,29)(H,25,26,30);2-12H,1H3,(H,22,25)(H,23,24). The molecule has 0 aliphatic rings. The van der Waals surface area contributed by atoms with Gasteiger partial charge >= 0.3 is 0 Å². The third-order valence-electron chi connectivity index (χ3n) is 9.30. The molecule has 308 valence electrons. The van der Waals surface area contributed by atoms with Gasteiger partial charge in [-0.3, -0.25) is 29.8 Å². The maximum atomic E-state index is 12.9. The molecule has 2 amide bonds. The number of sulfone groups is 1. The molecule has 0 saturated heterocycles. The van der Waals surface area contributed by atoms with E-state index in [9.17, 15) is 26.4 Å². The van der Waals surface area contributed by atoms with E-state index in [1.807, 2.05) is 60.7 Å². The van der Waals surface area contributed by atoms with Crippen LogP contribution in [0.15, 0.2) is 162 Å². The fourth-order valence-corrected chi connectivity index (χ4v) is 7.80. The third kappa shape index (κ3) is 9.18. The Morgan fingerprint density at radius 2 is 1.00 bits per heavy atom. The summed E-state index contributed by atoms with van der Waals surface area (Å²) in [5, 5.41) is 20.8. The Balaban J connectivity index is 0.000000174. The topological polar surface area (TPSA) is 247 Å². The highest BCUT2D eigenvalue weighted by Crippen LogP contribution is 2.27. The number of carbonyl (C=O) groups is 2. The van der Waals surface area contributed by atoms with Crippen LogP contribution in [0.4, 0.5) is 17.3 Å². The minimum atomic E-state index is -3.87. The summed E-state index contributed by atoms with van der Waals surface area (Å²) in [5.41, 5.74) is 6.52. The van der Waals surface area contributed by atoms with Gasteiger partial charge in [0.1, 0.15) is 0 Å². The number of hydrogen-bond donors (Lipinski definition) is 5. The lowest BCUT2D eigenvalue weighted by atomic mass is 10.0. The summed E-state index contributed by atoms with van der Waals surface area (Å²) in [7, 11) is -7.16. The summed E-state index contributed by atoms with van der Waals surface area (Å²) in [6.45, 7) is 0. The Kier molecular flexibility index (Phi) is 11.3. The number of hydrogen-bond acceptors (Lipinski definition) is 12. The molecule has 5 N–H and O–H groups in total. The van der Waals surface area contributed by atoms with Crippen molar-refractivity contribution in [3.63, 3.8) is 0 Å². The molecular weight excluding hydrogens is 831 g/mol. The van der Waals surface area contributed by atoms with Crippen LogP contribution in [0.3, 0.4) is 0 Å². The molecule has 0 bridgehead atoms. The highest BCUT2D eigenvalue weighted by Gasteiger charge is 2.19. The van der Waals surface area contributed by atoms with Crippen LogP contribution < -0.4 is 15.4 Å². The number of rotatable bonds is 10. The first kappa shape index (κ1) is 40.6. The SMILES string of the molecule is CS(=O)(=O)c1ccc(NC(=O)c2n[nH]c3ccc(-c4cccnc4)cc23)cc1.O=C(Nc1ccc(S(=O)(=O)Nc2ncccn2)cc1)c1n[nH]c2ccc(-c3cccnc3)cc12. The van der Waals surface area contributed by atoms with E-state index >= 15 is 0 Å². The molecular formula is C43H33N11O6S2. The zero-order valence-corrected chi connectivity index (χ0v) is 34.0. The van der Waals surface area contributed by atoms with Gasteiger partial charge in [0, 0.05) is 76.7 Å². The van der Waals surface area contributed by atoms with E-state index in [1.54, 1.807) is 43.0 Å². The Labute approximate surface area is 353 Å². The number of aromatic amines is 2. The van der Waals surface area contributed by atoms with E-state index in [1.165, 1.54) is 48.8 Å². The van der Waals surface area contributed by atoms with Gasteiger partial charge in [0.15, 0.2) is 21.2 Å². The third-order valence-corrected chi connectivity index (χ3v) is 11.8. The van der Waals surface area contributed by atoms with Crippen molar-refractivity contribution in [1.82, 2.24) is 40.3 Å². The quantitative estimate of drug-likeness (QED) is 0.0958. The Morgan fingerprint density at radius 1 is 0.532 bits per heavy atom. The van der Waals surface area contributed by atoms with Crippen LogP contribution in [0, 0.1) is 0 Å². The summed E-state index contributed by atoms with van der Waals surface area (Å²) < 4.78 is 50.4. The maximum Gasteiger partial charge on any atom is 0.276 e. The van der Waals surface area contributed by atoms with Gasteiger partial charge in [-0.05, 0) is 102 Å². The van der Waals surface area contributed by atoms with Crippen molar-refractivity contribution in [2.24, 2.45) is 0 Å². The van der Waals surface area contributed by atoms with Crippen LogP contribution in [0.25, 0.3) is 44.1 Å². The molecule has 0 radical (unpaired) electrons. The lowest BCUT2D eigenvalue weighted by molar-refractivity contribution is 0.101. The molecule has 0 unspecified atom stereocenters. The van der Waals surface area contributed by atoms with Crippen LogP contribution in [-0.4, -0.2) is 75.2 Å². The average Bonchev–Trinajstić information content (AvgIpc) is 3.92. The van der Waals surface area contributed by atoms with Gasteiger partial charge in [-0.2, -0.15) is 10.2 Å². The van der Waals surface area contributed by atoms with Crippen LogP contribution in [0.1, 0.15) is 21.0 Å². The fraction of sp³-hybridized carbons (Fsp3) is 0.0233. The predicted octanol–water partition coefficient (Wildman–Crippen LogP) is 6.75. The summed E-state index contributed by atoms with van der Waals surface area (Å²) in [4.78, 5) is 41.8. The monoisotopic (exact) mass is 863 g/mol. The molecule has 62 heavy (non-hydrogen) atoms. The molecule has 0 atom stereocenters. The number of benzene rings is 4. The zero-order valence-electron chi connectivity index (χ0n) is 32.4. The van der Waals surface area contributed by atoms with Crippen molar-refractivity contribution in [1.29, 1.82) is 0 Å². The second-order valence-electron chi connectivity index (χ2n) is 13.6. The van der Waals surface area contributed by atoms with Gasteiger partial charge in [-0.25, -0.2) is 31.5 Å². The number of H-pyrrole nitrogens is 2. The van der Waals surface area contributed by atoms with Crippen LogP contribution in [-0.2, 0) is 19.9 Å². The molecule has 0 spiro atoms. The Morgan fingerprint density at radius 3 is 1.44 bits per heavy atom. The highest BCUT2D eigenvalue weighted by atomic mass is 32.2. The molecule has 17 nitrogen and oxygen atoms in total. The minimum absolute atomic E-state index is 0.00397. The number of amides is 2. The van der Waals surface area contributed by atoms with Crippen molar-refractivity contribution in [3.05, 3.63) is 164 Å². The minimum Gasteiger partial charge on any atom is -0.321 e. The van der Waals surface area contributed by atoms with Gasteiger partial charge < -0.3 is 10.6 Å². The summed E-state index contributed by atoms with van der Waals surface area (Å²) in [6.07, 6.45) is 10.9. The molecule has 19 heteroatoms. The van der Waals surface area contributed by atoms with Crippen LogP contribution in [0.5, 0.6) is 0 Å². The largest absolute Gasteiger partial charge is 0.321 e. The number of sulfonamides is 1. The van der Waals surface area contributed by atoms with E-state index in [4.69, 9.17) is 0 Å². The normalized spacial score (nSPS) is 11.4.